The normalized spacial score (nSPS) is 15.9. The molecule has 0 bridgehead atoms. The zero-order valence-electron chi connectivity index (χ0n) is 17.2. The Morgan fingerprint density at radius 3 is 2.38 bits per heavy atom. The van der Waals surface area contributed by atoms with Crippen molar-refractivity contribution in [2.24, 2.45) is 0 Å². The Labute approximate surface area is 172 Å². The predicted octanol–water partition coefficient (Wildman–Crippen LogP) is 3.74. The van der Waals surface area contributed by atoms with Crippen LogP contribution >= 0.6 is 0 Å². The third-order valence-corrected chi connectivity index (χ3v) is 5.51. The number of benzene rings is 1. The molecule has 0 aliphatic carbocycles. The van der Waals surface area contributed by atoms with Crippen molar-refractivity contribution in [3.63, 3.8) is 0 Å². The maximum absolute atomic E-state index is 5.14. The van der Waals surface area contributed by atoms with Crippen LogP contribution in [0.25, 0.3) is 11.4 Å². The lowest BCUT2D eigenvalue weighted by molar-refractivity contribution is 0.198. The fraction of sp³-hybridized carbons (Fsp3) is 0.348. The van der Waals surface area contributed by atoms with E-state index in [2.05, 4.69) is 63.1 Å². The number of aryl methyl sites for hydroxylation is 1. The van der Waals surface area contributed by atoms with Gasteiger partial charge in [-0.25, -0.2) is 15.0 Å². The molecule has 3 heterocycles. The first-order valence-electron chi connectivity index (χ1n) is 10.0. The number of pyridine rings is 1. The molecule has 0 amide bonds. The monoisotopic (exact) mass is 389 g/mol. The Kier molecular flexibility index (Phi) is 5.71. The number of anilines is 1. The Bertz CT molecular complexity index is 937. The van der Waals surface area contributed by atoms with E-state index in [1.807, 2.05) is 19.1 Å². The van der Waals surface area contributed by atoms with Crippen LogP contribution in [0.1, 0.15) is 24.2 Å². The number of piperazine rings is 1. The van der Waals surface area contributed by atoms with Crippen molar-refractivity contribution in [1.29, 1.82) is 0 Å². The smallest absolute Gasteiger partial charge is 0.212 e. The first-order valence-corrected chi connectivity index (χ1v) is 10.0. The third kappa shape index (κ3) is 4.38. The maximum Gasteiger partial charge on any atom is 0.212 e. The van der Waals surface area contributed by atoms with Crippen LogP contribution in [-0.4, -0.2) is 53.1 Å². The van der Waals surface area contributed by atoms with Crippen LogP contribution in [0.3, 0.4) is 0 Å². The summed E-state index contributed by atoms with van der Waals surface area (Å²) in [6.45, 7) is 8.23. The molecular formula is C23H27N5O. The van der Waals surface area contributed by atoms with Crippen LogP contribution in [0.4, 0.5) is 5.82 Å². The Morgan fingerprint density at radius 2 is 1.72 bits per heavy atom. The Balaban J connectivity index is 1.47. The van der Waals surface area contributed by atoms with Gasteiger partial charge in [0, 0.05) is 61.8 Å². The number of ether oxygens (including phenoxy) is 1. The van der Waals surface area contributed by atoms with E-state index in [-0.39, 0.29) is 0 Å². The van der Waals surface area contributed by atoms with Gasteiger partial charge in [-0.1, -0.05) is 30.3 Å². The highest BCUT2D eigenvalue weighted by molar-refractivity contribution is 5.57. The first-order chi connectivity index (χ1) is 14.1. The fourth-order valence-electron chi connectivity index (χ4n) is 3.76. The van der Waals surface area contributed by atoms with Crippen molar-refractivity contribution in [2.75, 3.05) is 38.2 Å². The van der Waals surface area contributed by atoms with Gasteiger partial charge in [-0.05, 0) is 25.5 Å². The van der Waals surface area contributed by atoms with Crippen LogP contribution in [0.5, 0.6) is 5.88 Å². The highest BCUT2D eigenvalue weighted by atomic mass is 16.5. The van der Waals surface area contributed by atoms with Gasteiger partial charge >= 0.3 is 0 Å². The minimum atomic E-state index is 0.423. The van der Waals surface area contributed by atoms with Crippen LogP contribution in [0.15, 0.2) is 54.7 Å². The number of hydrogen-bond acceptors (Lipinski definition) is 6. The predicted molar refractivity (Wildman–Crippen MR) is 115 cm³/mol. The number of nitrogens with zero attached hydrogens (tertiary/aromatic N) is 5. The standard InChI is InChI=1S/C23H27N5O/c1-17-15-21(26-23(25-17)20-9-10-22(29-3)24-16-20)28-13-11-27(12-14-28)18(2)19-7-5-4-6-8-19/h4-10,15-16,18H,11-14H2,1-3H3. The average molecular weight is 390 g/mol. The minimum Gasteiger partial charge on any atom is -0.481 e. The first kappa shape index (κ1) is 19.3. The SMILES string of the molecule is COc1ccc(-c2nc(C)cc(N3CCN(C(C)c4ccccc4)CC3)n2)cn1. The number of hydrogen-bond donors (Lipinski definition) is 0. The molecule has 1 fully saturated rings. The van der Waals surface area contributed by atoms with Crippen LogP contribution in [-0.2, 0) is 0 Å². The molecule has 1 unspecified atom stereocenters. The highest BCUT2D eigenvalue weighted by Gasteiger charge is 2.23. The van der Waals surface area contributed by atoms with Gasteiger partial charge in [-0.15, -0.1) is 0 Å². The van der Waals surface area contributed by atoms with Gasteiger partial charge in [0.05, 0.1) is 7.11 Å². The highest BCUT2D eigenvalue weighted by Crippen LogP contribution is 2.25. The van der Waals surface area contributed by atoms with Gasteiger partial charge in [0.25, 0.3) is 0 Å². The molecule has 29 heavy (non-hydrogen) atoms. The summed E-state index contributed by atoms with van der Waals surface area (Å²) >= 11 is 0. The molecule has 4 rings (SSSR count). The molecule has 1 saturated heterocycles. The number of rotatable bonds is 5. The summed E-state index contributed by atoms with van der Waals surface area (Å²) in [6.07, 6.45) is 1.76. The second kappa shape index (κ2) is 8.57. The van der Waals surface area contributed by atoms with Crippen LogP contribution in [0.2, 0.25) is 0 Å². The van der Waals surface area contributed by atoms with Crippen LogP contribution < -0.4 is 9.64 Å². The van der Waals surface area contributed by atoms with E-state index >= 15 is 0 Å². The number of aromatic nitrogens is 3. The molecule has 3 aromatic rings. The van der Waals surface area contributed by atoms with Crippen molar-refractivity contribution in [3.05, 3.63) is 66.0 Å². The molecule has 6 nitrogen and oxygen atoms in total. The summed E-state index contributed by atoms with van der Waals surface area (Å²) in [5, 5.41) is 0. The molecule has 1 aliphatic heterocycles. The van der Waals surface area contributed by atoms with Crippen molar-refractivity contribution >= 4 is 5.82 Å². The summed E-state index contributed by atoms with van der Waals surface area (Å²) in [6, 6.07) is 17.0. The van der Waals surface area contributed by atoms with Crippen molar-refractivity contribution < 1.29 is 4.74 Å². The molecular weight excluding hydrogens is 362 g/mol. The molecule has 0 spiro atoms. The van der Waals surface area contributed by atoms with Crippen molar-refractivity contribution in [3.8, 4) is 17.3 Å². The summed E-state index contributed by atoms with van der Waals surface area (Å²) < 4.78 is 5.14. The van der Waals surface area contributed by atoms with Crippen molar-refractivity contribution in [2.45, 2.75) is 19.9 Å². The summed E-state index contributed by atoms with van der Waals surface area (Å²) in [7, 11) is 1.61. The van der Waals surface area contributed by atoms with Gasteiger partial charge in [0.15, 0.2) is 5.82 Å². The van der Waals surface area contributed by atoms with Gasteiger partial charge in [-0.2, -0.15) is 0 Å². The fourth-order valence-corrected chi connectivity index (χ4v) is 3.76. The van der Waals surface area contributed by atoms with E-state index in [4.69, 9.17) is 9.72 Å². The lowest BCUT2D eigenvalue weighted by Crippen LogP contribution is -2.47. The minimum absolute atomic E-state index is 0.423. The molecule has 0 radical (unpaired) electrons. The molecule has 6 heteroatoms. The van der Waals surface area contributed by atoms with E-state index in [9.17, 15) is 0 Å². The van der Waals surface area contributed by atoms with E-state index in [1.54, 1.807) is 13.3 Å². The molecule has 1 aliphatic rings. The van der Waals surface area contributed by atoms with Gasteiger partial charge in [0.2, 0.25) is 5.88 Å². The van der Waals surface area contributed by atoms with Crippen molar-refractivity contribution in [1.82, 2.24) is 19.9 Å². The molecule has 0 saturated carbocycles. The van der Waals surface area contributed by atoms with Gasteiger partial charge in [0.1, 0.15) is 5.82 Å². The van der Waals surface area contributed by atoms with E-state index in [1.165, 1.54) is 5.56 Å². The average Bonchev–Trinajstić information content (AvgIpc) is 2.79. The van der Waals surface area contributed by atoms with Gasteiger partial charge in [-0.3, -0.25) is 4.90 Å². The van der Waals surface area contributed by atoms with E-state index in [0.29, 0.717) is 17.7 Å². The lowest BCUT2D eigenvalue weighted by atomic mass is 10.1. The summed E-state index contributed by atoms with van der Waals surface area (Å²) in [5.74, 6) is 2.27. The molecule has 1 atom stereocenters. The second-order valence-corrected chi connectivity index (χ2v) is 7.39. The Morgan fingerprint density at radius 1 is 0.966 bits per heavy atom. The van der Waals surface area contributed by atoms with Crippen LogP contribution in [0, 0.1) is 6.92 Å². The molecule has 2 aromatic heterocycles. The topological polar surface area (TPSA) is 54.4 Å². The molecule has 150 valence electrons. The maximum atomic E-state index is 5.14. The summed E-state index contributed by atoms with van der Waals surface area (Å²) in [5.41, 5.74) is 3.22. The largest absolute Gasteiger partial charge is 0.481 e. The van der Waals surface area contributed by atoms with E-state index < -0.39 is 0 Å². The Hall–Kier alpha value is -2.99. The third-order valence-electron chi connectivity index (χ3n) is 5.51. The summed E-state index contributed by atoms with van der Waals surface area (Å²) in [4.78, 5) is 18.6. The quantitative estimate of drug-likeness (QED) is 0.663. The zero-order chi connectivity index (χ0) is 20.2. The lowest BCUT2D eigenvalue weighted by Gasteiger charge is -2.38. The van der Waals surface area contributed by atoms with Gasteiger partial charge < -0.3 is 9.64 Å². The zero-order valence-corrected chi connectivity index (χ0v) is 17.2. The number of methoxy groups -OCH3 is 1. The molecule has 1 aromatic carbocycles. The van der Waals surface area contributed by atoms with E-state index in [0.717, 1.165) is 43.3 Å². The second-order valence-electron chi connectivity index (χ2n) is 7.39. The molecule has 0 N–H and O–H groups in total.